The van der Waals surface area contributed by atoms with Crippen molar-refractivity contribution in [2.75, 3.05) is 37.1 Å². The van der Waals surface area contributed by atoms with Gasteiger partial charge in [-0.1, -0.05) is 0 Å². The highest BCUT2D eigenvalue weighted by atomic mass is 127. The molecule has 26 heavy (non-hydrogen) atoms. The quantitative estimate of drug-likeness (QED) is 0.630. The summed E-state index contributed by atoms with van der Waals surface area (Å²) in [7, 11) is 0.675. The Morgan fingerprint density at radius 1 is 1.08 bits per heavy atom. The van der Waals surface area contributed by atoms with Crippen LogP contribution in [0.1, 0.15) is 10.4 Å². The van der Waals surface area contributed by atoms with Crippen molar-refractivity contribution in [3.8, 4) is 11.5 Å². The van der Waals surface area contributed by atoms with Gasteiger partial charge in [0.2, 0.25) is 10.0 Å². The maximum Gasteiger partial charge on any atom is 0.257 e. The first kappa shape index (κ1) is 20.3. The summed E-state index contributed by atoms with van der Waals surface area (Å²) in [5.41, 5.74) is 0.931. The maximum absolute atomic E-state index is 12.8. The molecule has 0 saturated heterocycles. The zero-order chi connectivity index (χ0) is 19.5. The van der Waals surface area contributed by atoms with E-state index in [0.29, 0.717) is 17.2 Å². The van der Waals surface area contributed by atoms with Gasteiger partial charge in [-0.25, -0.2) is 8.42 Å². The third-order valence-electron chi connectivity index (χ3n) is 3.69. The minimum absolute atomic E-state index is 0.147. The van der Waals surface area contributed by atoms with Crippen molar-refractivity contribution in [2.45, 2.75) is 0 Å². The van der Waals surface area contributed by atoms with E-state index in [1.165, 1.54) is 33.4 Å². The molecule has 0 spiro atoms. The molecule has 1 N–H and O–H groups in total. The molecule has 0 aliphatic rings. The first-order chi connectivity index (χ1) is 12.2. The Morgan fingerprint density at radius 2 is 1.62 bits per heavy atom. The van der Waals surface area contributed by atoms with Crippen LogP contribution in [0.15, 0.2) is 36.4 Å². The lowest BCUT2D eigenvalue weighted by molar-refractivity contribution is 0.102. The third kappa shape index (κ3) is 4.58. The van der Waals surface area contributed by atoms with E-state index in [1.54, 1.807) is 12.1 Å². The van der Waals surface area contributed by atoms with Crippen molar-refractivity contribution in [2.24, 2.45) is 0 Å². The van der Waals surface area contributed by atoms with Gasteiger partial charge in [0, 0.05) is 22.4 Å². The Labute approximate surface area is 166 Å². The number of hydrogen-bond donors (Lipinski definition) is 1. The van der Waals surface area contributed by atoms with Gasteiger partial charge in [-0.2, -0.15) is 0 Å². The molecule has 0 aliphatic heterocycles. The highest BCUT2D eigenvalue weighted by Gasteiger charge is 2.23. The van der Waals surface area contributed by atoms with E-state index in [9.17, 15) is 13.2 Å². The number of nitrogens with zero attached hydrogens (tertiary/aromatic N) is 1. The Bertz CT molecular complexity index is 913. The maximum atomic E-state index is 12.8. The van der Waals surface area contributed by atoms with Gasteiger partial charge in [0.05, 0.1) is 31.7 Å². The van der Waals surface area contributed by atoms with Gasteiger partial charge in [-0.3, -0.25) is 9.10 Å². The first-order valence-electron chi connectivity index (χ1n) is 7.44. The van der Waals surface area contributed by atoms with Gasteiger partial charge in [0.15, 0.2) is 11.5 Å². The zero-order valence-corrected chi connectivity index (χ0v) is 17.7. The fraction of sp³-hybridized carbons (Fsp3) is 0.235. The summed E-state index contributed by atoms with van der Waals surface area (Å²) < 4.78 is 36.5. The van der Waals surface area contributed by atoms with Crippen LogP contribution in [0.4, 0.5) is 11.4 Å². The Kier molecular flexibility index (Phi) is 6.34. The van der Waals surface area contributed by atoms with Crippen LogP contribution in [0.25, 0.3) is 0 Å². The second-order valence-corrected chi connectivity index (χ2v) is 8.68. The second-order valence-electron chi connectivity index (χ2n) is 5.42. The van der Waals surface area contributed by atoms with Gasteiger partial charge in [0.25, 0.3) is 5.91 Å². The normalized spacial score (nSPS) is 11.0. The minimum atomic E-state index is -3.58. The molecular formula is C17H19IN2O5S. The van der Waals surface area contributed by atoms with Crippen LogP contribution in [0.3, 0.4) is 0 Å². The van der Waals surface area contributed by atoms with E-state index in [-0.39, 0.29) is 11.3 Å². The van der Waals surface area contributed by atoms with E-state index in [0.717, 1.165) is 14.1 Å². The summed E-state index contributed by atoms with van der Waals surface area (Å²) >= 11 is 2.16. The summed E-state index contributed by atoms with van der Waals surface area (Å²) in [6, 6.07) is 10.2. The van der Waals surface area contributed by atoms with E-state index < -0.39 is 15.9 Å². The van der Waals surface area contributed by atoms with Crippen molar-refractivity contribution in [1.29, 1.82) is 0 Å². The molecule has 2 rings (SSSR count). The molecule has 2 aromatic rings. The Hall–Kier alpha value is -2.01. The highest BCUT2D eigenvalue weighted by Crippen LogP contribution is 2.36. The fourth-order valence-electron chi connectivity index (χ4n) is 2.22. The van der Waals surface area contributed by atoms with Gasteiger partial charge in [-0.05, 0) is 52.9 Å². The SMILES string of the molecule is COc1cc(C(=O)Nc2ccc(I)cc2)c(N(C)S(C)(=O)=O)cc1OC. The predicted molar refractivity (Wildman–Crippen MR) is 110 cm³/mol. The number of hydrogen-bond acceptors (Lipinski definition) is 5. The lowest BCUT2D eigenvalue weighted by Crippen LogP contribution is -2.28. The van der Waals surface area contributed by atoms with E-state index in [2.05, 4.69) is 27.9 Å². The molecule has 0 atom stereocenters. The third-order valence-corrected chi connectivity index (χ3v) is 5.60. The van der Waals surface area contributed by atoms with E-state index in [4.69, 9.17) is 9.47 Å². The summed E-state index contributed by atoms with van der Waals surface area (Å²) in [4.78, 5) is 12.8. The van der Waals surface area contributed by atoms with Crippen LogP contribution in [-0.2, 0) is 10.0 Å². The molecule has 0 heterocycles. The molecule has 0 unspecified atom stereocenters. The molecule has 2 aromatic carbocycles. The number of carbonyl (C=O) groups excluding carboxylic acids is 1. The number of anilines is 2. The van der Waals surface area contributed by atoms with Gasteiger partial charge >= 0.3 is 0 Å². The Balaban J connectivity index is 2.53. The zero-order valence-electron chi connectivity index (χ0n) is 14.7. The number of benzene rings is 2. The van der Waals surface area contributed by atoms with Crippen LogP contribution in [0.2, 0.25) is 0 Å². The average Bonchev–Trinajstić information content (AvgIpc) is 2.60. The van der Waals surface area contributed by atoms with Crippen LogP contribution >= 0.6 is 22.6 Å². The van der Waals surface area contributed by atoms with Crippen LogP contribution < -0.4 is 19.1 Å². The molecule has 0 radical (unpaired) electrons. The van der Waals surface area contributed by atoms with Gasteiger partial charge < -0.3 is 14.8 Å². The standard InChI is InChI=1S/C17H19IN2O5S/c1-20(26(4,22)23)14-10-16(25-3)15(24-2)9-13(14)17(21)19-12-7-5-11(18)6-8-12/h5-10H,1-4H3,(H,19,21). The fourth-order valence-corrected chi connectivity index (χ4v) is 3.09. The predicted octanol–water partition coefficient (Wildman–Crippen LogP) is 2.96. The summed E-state index contributed by atoms with van der Waals surface area (Å²) in [6.45, 7) is 0. The first-order valence-corrected chi connectivity index (χ1v) is 10.4. The highest BCUT2D eigenvalue weighted by molar-refractivity contribution is 14.1. The largest absolute Gasteiger partial charge is 0.493 e. The molecule has 140 valence electrons. The molecule has 0 bridgehead atoms. The number of amides is 1. The molecular weight excluding hydrogens is 471 g/mol. The number of sulfonamides is 1. The number of rotatable bonds is 6. The second kappa shape index (κ2) is 8.12. The monoisotopic (exact) mass is 490 g/mol. The molecule has 0 aliphatic carbocycles. The lowest BCUT2D eigenvalue weighted by Gasteiger charge is -2.22. The van der Waals surface area contributed by atoms with Crippen molar-refractivity contribution >= 4 is 49.9 Å². The van der Waals surface area contributed by atoms with E-state index >= 15 is 0 Å². The van der Waals surface area contributed by atoms with Crippen molar-refractivity contribution < 1.29 is 22.7 Å². The summed E-state index contributed by atoms with van der Waals surface area (Å²) in [5, 5.41) is 2.76. The van der Waals surface area contributed by atoms with Crippen LogP contribution in [-0.4, -0.2) is 41.8 Å². The number of halogens is 1. The van der Waals surface area contributed by atoms with Crippen LogP contribution in [0, 0.1) is 3.57 Å². The van der Waals surface area contributed by atoms with Gasteiger partial charge in [-0.15, -0.1) is 0 Å². The molecule has 0 fully saturated rings. The van der Waals surface area contributed by atoms with Crippen molar-refractivity contribution in [3.05, 3.63) is 45.5 Å². The minimum Gasteiger partial charge on any atom is -0.493 e. The van der Waals surface area contributed by atoms with E-state index in [1.807, 2.05) is 12.1 Å². The lowest BCUT2D eigenvalue weighted by atomic mass is 10.1. The number of ether oxygens (including phenoxy) is 2. The van der Waals surface area contributed by atoms with Crippen molar-refractivity contribution in [1.82, 2.24) is 0 Å². The topological polar surface area (TPSA) is 84.9 Å². The number of carbonyl (C=O) groups is 1. The summed E-state index contributed by atoms with van der Waals surface area (Å²) in [6.07, 6.45) is 1.06. The Morgan fingerprint density at radius 3 is 2.12 bits per heavy atom. The molecule has 7 nitrogen and oxygen atoms in total. The number of methoxy groups -OCH3 is 2. The molecule has 9 heteroatoms. The van der Waals surface area contributed by atoms with Gasteiger partial charge in [0.1, 0.15) is 0 Å². The molecule has 0 saturated carbocycles. The number of nitrogens with one attached hydrogen (secondary N) is 1. The molecule has 0 aromatic heterocycles. The van der Waals surface area contributed by atoms with Crippen LogP contribution in [0.5, 0.6) is 11.5 Å². The summed E-state index contributed by atoms with van der Waals surface area (Å²) in [5.74, 6) is 0.187. The molecule has 1 amide bonds. The average molecular weight is 490 g/mol. The smallest absolute Gasteiger partial charge is 0.257 e. The van der Waals surface area contributed by atoms with Crippen molar-refractivity contribution in [3.63, 3.8) is 0 Å².